The summed E-state index contributed by atoms with van der Waals surface area (Å²) >= 11 is 0. The van der Waals surface area contributed by atoms with Gasteiger partial charge >= 0.3 is 20.2 Å². The van der Waals surface area contributed by atoms with Gasteiger partial charge in [-0.3, -0.25) is 9.59 Å². The van der Waals surface area contributed by atoms with E-state index in [2.05, 4.69) is 50.3 Å². The standard InChI is InChI=1S/C42H72NO9P/c1-3-5-7-9-11-13-15-17-19-21-23-25-27-29-31-33-40(44)49-35-38(36-50-53(48)51-37-39(43)42(46)47)52-41(45)34-32-30-28-26-24-22-20-18-16-14-12-10-8-6-4-2/h14,16-20,36,39H,3-13,15,21-35,37,43H2,1-2H3. The molecule has 0 heterocycles. The van der Waals surface area contributed by atoms with E-state index >= 15 is 0 Å². The van der Waals surface area contributed by atoms with E-state index in [1.807, 2.05) is 0 Å². The molecule has 2 unspecified atom stereocenters. The fourth-order valence-electron chi connectivity index (χ4n) is 5.29. The van der Waals surface area contributed by atoms with Crippen molar-refractivity contribution in [3.63, 3.8) is 0 Å². The molecule has 0 aromatic carbocycles. The molecule has 0 saturated heterocycles. The van der Waals surface area contributed by atoms with Gasteiger partial charge < -0.3 is 25.1 Å². The monoisotopic (exact) mass is 765 g/mol. The van der Waals surface area contributed by atoms with Crippen LogP contribution in [-0.4, -0.2) is 37.2 Å². The van der Waals surface area contributed by atoms with E-state index in [1.54, 1.807) is 0 Å². The lowest BCUT2D eigenvalue weighted by Gasteiger charge is -2.09. The summed E-state index contributed by atoms with van der Waals surface area (Å²) in [6.45, 7) is 3.47. The summed E-state index contributed by atoms with van der Waals surface area (Å²) in [4.78, 5) is 35.6. The van der Waals surface area contributed by atoms with Crippen LogP contribution >= 0.6 is 8.25 Å². The topological polar surface area (TPSA) is 154 Å². The molecule has 0 fully saturated rings. The van der Waals surface area contributed by atoms with E-state index in [9.17, 15) is 24.1 Å². The number of carboxylic acid groups (broad SMARTS) is 1. The molecule has 0 bridgehead atoms. The molecule has 0 aliphatic carbocycles. The number of allylic oxidation sites excluding steroid dienone is 6. The maximum absolute atomic E-state index is 12.5. The number of carboxylic acids is 1. The highest BCUT2D eigenvalue weighted by Crippen LogP contribution is 2.25. The molecular weight excluding hydrogens is 693 g/mol. The summed E-state index contributed by atoms with van der Waals surface area (Å²) in [5, 5.41) is 10.7. The first kappa shape index (κ1) is 50.2. The van der Waals surface area contributed by atoms with E-state index in [-0.39, 0.29) is 25.2 Å². The highest BCUT2D eigenvalue weighted by Gasteiger charge is 2.23. The molecule has 2 atom stereocenters. The van der Waals surface area contributed by atoms with Crippen molar-refractivity contribution < 1.29 is 42.6 Å². The second-order valence-electron chi connectivity index (χ2n) is 13.6. The van der Waals surface area contributed by atoms with Crippen LogP contribution in [0.25, 0.3) is 0 Å². The lowest BCUT2D eigenvalue weighted by atomic mass is 10.1. The van der Waals surface area contributed by atoms with Crippen LogP contribution in [0.2, 0.25) is 0 Å². The molecule has 0 saturated carbocycles. The molecule has 0 aliphatic heterocycles. The van der Waals surface area contributed by atoms with Gasteiger partial charge in [-0.25, -0.2) is 4.52 Å². The first-order valence-electron chi connectivity index (χ1n) is 20.5. The van der Waals surface area contributed by atoms with Crippen LogP contribution in [0.5, 0.6) is 0 Å². The average Bonchev–Trinajstić information content (AvgIpc) is 3.14. The molecule has 0 aliphatic rings. The van der Waals surface area contributed by atoms with Crippen molar-refractivity contribution in [1.82, 2.24) is 0 Å². The third kappa shape index (κ3) is 37.3. The van der Waals surface area contributed by atoms with Gasteiger partial charge in [-0.2, -0.15) is 0 Å². The molecule has 2 N–H and O–H groups in total. The fraction of sp³-hybridized carbons (Fsp3) is 0.738. The number of esters is 2. The van der Waals surface area contributed by atoms with Crippen molar-refractivity contribution in [3.8, 4) is 0 Å². The molecule has 0 rings (SSSR count). The van der Waals surface area contributed by atoms with Crippen LogP contribution in [0.4, 0.5) is 0 Å². The van der Waals surface area contributed by atoms with Crippen molar-refractivity contribution in [3.05, 3.63) is 48.5 Å². The van der Waals surface area contributed by atoms with Gasteiger partial charge in [0.1, 0.15) is 6.61 Å². The molecule has 11 heteroatoms. The summed E-state index contributed by atoms with van der Waals surface area (Å²) < 4.78 is 32.4. The Morgan fingerprint density at radius 2 is 1.06 bits per heavy atom. The Morgan fingerprint density at radius 3 is 1.57 bits per heavy atom. The van der Waals surface area contributed by atoms with Gasteiger partial charge in [-0.1, -0.05) is 140 Å². The number of rotatable bonds is 38. The predicted molar refractivity (Wildman–Crippen MR) is 212 cm³/mol. The summed E-state index contributed by atoms with van der Waals surface area (Å²) in [6, 6.07) is -1.49. The zero-order chi connectivity index (χ0) is 39.0. The minimum absolute atomic E-state index is 0.147. The quantitative estimate of drug-likeness (QED) is 0.0160. The third-order valence-corrected chi connectivity index (χ3v) is 9.19. The van der Waals surface area contributed by atoms with Gasteiger partial charge in [0.2, 0.25) is 0 Å². The number of unbranched alkanes of at least 4 members (excludes halogenated alkanes) is 20. The molecular formula is C42H72NO9P. The molecule has 0 aromatic rings. The number of aliphatic carboxylic acids is 1. The summed E-state index contributed by atoms with van der Waals surface area (Å²) in [5.41, 5.74) is 5.29. The lowest BCUT2D eigenvalue weighted by Crippen LogP contribution is -2.44. The van der Waals surface area contributed by atoms with Crippen LogP contribution in [0.15, 0.2) is 48.5 Å². The number of nitrogens with two attached hydrogens (primary N) is 1. The lowest BCUT2D eigenvalue weighted by molar-refractivity contribution is -0.307. The zero-order valence-corrected chi connectivity index (χ0v) is 34.0. The van der Waals surface area contributed by atoms with Crippen LogP contribution in [0.3, 0.4) is 0 Å². The normalized spacial score (nSPS) is 12.9. The second kappa shape index (κ2) is 38.9. The van der Waals surface area contributed by atoms with Gasteiger partial charge in [0, 0.05) is 17.4 Å². The van der Waals surface area contributed by atoms with Gasteiger partial charge in [0.25, 0.3) is 0 Å². The van der Waals surface area contributed by atoms with Crippen molar-refractivity contribution >= 4 is 26.2 Å². The number of ether oxygens (including phenoxy) is 2. The first-order chi connectivity index (χ1) is 25.8. The van der Waals surface area contributed by atoms with Gasteiger partial charge in [-0.05, 0) is 64.2 Å². The van der Waals surface area contributed by atoms with Gasteiger partial charge in [0.05, 0.1) is 12.0 Å². The summed E-state index contributed by atoms with van der Waals surface area (Å²) in [5.74, 6) is -2.69. The summed E-state index contributed by atoms with van der Waals surface area (Å²) in [7, 11) is -2.82. The van der Waals surface area contributed by atoms with E-state index in [0.29, 0.717) is 12.8 Å². The molecule has 304 valence electrons. The van der Waals surface area contributed by atoms with Gasteiger partial charge in [-0.15, -0.1) is 4.52 Å². The van der Waals surface area contributed by atoms with Gasteiger partial charge in [0.15, 0.2) is 18.6 Å². The average molecular weight is 766 g/mol. The van der Waals surface area contributed by atoms with Crippen molar-refractivity contribution in [1.29, 1.82) is 0 Å². The van der Waals surface area contributed by atoms with Crippen LogP contribution < -0.4 is 10.8 Å². The minimum Gasteiger partial charge on any atom is -0.548 e. The maximum atomic E-state index is 12.5. The Morgan fingerprint density at radius 1 is 0.623 bits per heavy atom. The molecule has 0 aromatic heterocycles. The second-order valence-corrected chi connectivity index (χ2v) is 14.5. The number of hydrogen-bond donors (Lipinski definition) is 1. The Balaban J connectivity index is 4.38. The third-order valence-electron chi connectivity index (χ3n) is 8.55. The molecule has 0 radical (unpaired) electrons. The van der Waals surface area contributed by atoms with Crippen LogP contribution in [0.1, 0.15) is 181 Å². The van der Waals surface area contributed by atoms with E-state index in [1.165, 1.54) is 70.6 Å². The predicted octanol–water partition coefficient (Wildman–Crippen LogP) is 10.5. The smallest absolute Gasteiger partial charge is 0.548 e. The Hall–Kier alpha value is -2.81. The van der Waals surface area contributed by atoms with E-state index in [0.717, 1.165) is 76.9 Å². The summed E-state index contributed by atoms with van der Waals surface area (Å²) in [6.07, 6.45) is 41.5. The Bertz CT molecular complexity index is 1060. The maximum Gasteiger partial charge on any atom is 0.749 e. The SMILES string of the molecule is CCCCCCC=CC=CCCCCCCCC(=O)OC(=CO[P+](=O)OCC(N)C(=O)[O-])COC(=O)CCCCCCCC=CCCCCCCCC. The fourth-order valence-corrected chi connectivity index (χ4v) is 5.84. The molecule has 0 spiro atoms. The van der Waals surface area contributed by atoms with Crippen molar-refractivity contribution in [2.24, 2.45) is 5.73 Å². The van der Waals surface area contributed by atoms with Crippen LogP contribution in [0, 0.1) is 0 Å². The van der Waals surface area contributed by atoms with Crippen molar-refractivity contribution in [2.45, 2.75) is 187 Å². The number of carbonyl (C=O) groups is 3. The largest absolute Gasteiger partial charge is 0.749 e. The Labute approximate surface area is 322 Å². The van der Waals surface area contributed by atoms with Crippen molar-refractivity contribution in [2.75, 3.05) is 13.2 Å². The highest BCUT2D eigenvalue weighted by molar-refractivity contribution is 7.33. The minimum atomic E-state index is -2.82. The van der Waals surface area contributed by atoms with E-state index < -0.39 is 38.8 Å². The number of hydrogen-bond acceptors (Lipinski definition) is 10. The van der Waals surface area contributed by atoms with E-state index in [4.69, 9.17) is 24.3 Å². The molecule has 0 amide bonds. The number of carbonyl (C=O) groups excluding carboxylic acids is 3. The highest BCUT2D eigenvalue weighted by atomic mass is 31.1. The van der Waals surface area contributed by atoms with Crippen LogP contribution in [-0.2, 0) is 37.5 Å². The first-order valence-corrected chi connectivity index (χ1v) is 21.6. The molecule has 53 heavy (non-hydrogen) atoms. The Kier molecular flexibility index (Phi) is 36.8. The zero-order valence-electron chi connectivity index (χ0n) is 33.1. The molecule has 10 nitrogen and oxygen atoms in total.